The van der Waals surface area contributed by atoms with Crippen LogP contribution in [0.2, 0.25) is 0 Å². The topological polar surface area (TPSA) is 66.5 Å². The van der Waals surface area contributed by atoms with Crippen molar-refractivity contribution in [1.29, 1.82) is 0 Å². The number of nitrogens with one attached hydrogen (secondary N) is 2. The van der Waals surface area contributed by atoms with E-state index in [1.54, 1.807) is 12.4 Å². The van der Waals surface area contributed by atoms with E-state index in [-0.39, 0.29) is 12.5 Å². The molecule has 0 saturated heterocycles. The van der Waals surface area contributed by atoms with Crippen molar-refractivity contribution in [3.63, 3.8) is 0 Å². The maximum Gasteiger partial charge on any atom is 0.277 e. The number of H-pyrrole nitrogens is 1. The third-order valence-corrected chi connectivity index (χ3v) is 3.16. The summed E-state index contributed by atoms with van der Waals surface area (Å²) in [7, 11) is 0. The van der Waals surface area contributed by atoms with Crippen LogP contribution in [0.3, 0.4) is 0 Å². The van der Waals surface area contributed by atoms with Gasteiger partial charge in [0.25, 0.3) is 5.91 Å². The van der Waals surface area contributed by atoms with E-state index in [9.17, 15) is 4.79 Å². The normalized spacial score (nSPS) is 11.1. The van der Waals surface area contributed by atoms with E-state index in [0.717, 1.165) is 22.6 Å². The zero-order valence-electron chi connectivity index (χ0n) is 13.1. The summed E-state index contributed by atoms with van der Waals surface area (Å²) in [5.74, 6) is 0.794. The number of ether oxygens (including phenoxy) is 1. The fourth-order valence-corrected chi connectivity index (χ4v) is 2.02. The first-order valence-corrected chi connectivity index (χ1v) is 7.25. The van der Waals surface area contributed by atoms with Crippen LogP contribution >= 0.6 is 0 Å². The van der Waals surface area contributed by atoms with Crippen molar-refractivity contribution in [3.05, 3.63) is 53.3 Å². The molecule has 116 valence electrons. The highest BCUT2D eigenvalue weighted by molar-refractivity contribution is 5.81. The first-order chi connectivity index (χ1) is 10.6. The second-order valence-corrected chi connectivity index (χ2v) is 5.40. The third kappa shape index (κ3) is 4.48. The predicted molar refractivity (Wildman–Crippen MR) is 87.3 cm³/mol. The number of rotatable bonds is 6. The summed E-state index contributed by atoms with van der Waals surface area (Å²) in [5.41, 5.74) is 5.45. The third-order valence-electron chi connectivity index (χ3n) is 3.16. The number of aromatic nitrogens is 1. The minimum absolute atomic E-state index is 0.0642. The van der Waals surface area contributed by atoms with E-state index in [2.05, 4.69) is 29.4 Å². The Morgan fingerprint density at radius 3 is 2.91 bits per heavy atom. The Balaban J connectivity index is 1.89. The summed E-state index contributed by atoms with van der Waals surface area (Å²) in [6.07, 6.45) is 3.33. The highest BCUT2D eigenvalue weighted by atomic mass is 16.5. The lowest BCUT2D eigenvalue weighted by Gasteiger charge is -2.14. The standard InChI is InChI=1S/C17H21N3O2/c1-12(2)15-7-6-13(3)9-16(15)22-11-17(21)20-19-10-14-5-4-8-18-14/h4-10,12,18H,11H2,1-3H3,(H,20,21)/b19-10-. The van der Waals surface area contributed by atoms with Crippen LogP contribution in [0.25, 0.3) is 0 Å². The van der Waals surface area contributed by atoms with Crippen molar-refractivity contribution in [2.75, 3.05) is 6.61 Å². The lowest BCUT2D eigenvalue weighted by molar-refractivity contribution is -0.123. The molecule has 0 radical (unpaired) electrons. The quantitative estimate of drug-likeness (QED) is 0.636. The van der Waals surface area contributed by atoms with Crippen LogP contribution in [0.5, 0.6) is 5.75 Å². The van der Waals surface area contributed by atoms with Crippen LogP contribution in [0.4, 0.5) is 0 Å². The van der Waals surface area contributed by atoms with Crippen molar-refractivity contribution in [2.24, 2.45) is 5.10 Å². The second kappa shape index (κ2) is 7.45. The minimum atomic E-state index is -0.293. The number of amides is 1. The lowest BCUT2D eigenvalue weighted by Crippen LogP contribution is -2.25. The number of aromatic amines is 1. The number of hydrazone groups is 1. The highest BCUT2D eigenvalue weighted by Gasteiger charge is 2.09. The van der Waals surface area contributed by atoms with Gasteiger partial charge in [0.15, 0.2) is 6.61 Å². The lowest BCUT2D eigenvalue weighted by atomic mass is 10.0. The van der Waals surface area contributed by atoms with Crippen molar-refractivity contribution in [3.8, 4) is 5.75 Å². The average Bonchev–Trinajstić information content (AvgIpc) is 2.98. The Hall–Kier alpha value is -2.56. The molecule has 1 aromatic carbocycles. The van der Waals surface area contributed by atoms with Gasteiger partial charge in [0, 0.05) is 6.20 Å². The Morgan fingerprint density at radius 1 is 1.41 bits per heavy atom. The summed E-state index contributed by atoms with van der Waals surface area (Å²) < 4.78 is 5.64. The molecule has 5 nitrogen and oxygen atoms in total. The molecule has 1 aromatic heterocycles. The summed E-state index contributed by atoms with van der Waals surface area (Å²) >= 11 is 0. The van der Waals surface area contributed by atoms with Gasteiger partial charge in [0.1, 0.15) is 5.75 Å². The van der Waals surface area contributed by atoms with Crippen LogP contribution in [0.15, 0.2) is 41.6 Å². The van der Waals surface area contributed by atoms with Gasteiger partial charge >= 0.3 is 0 Å². The molecule has 0 atom stereocenters. The largest absolute Gasteiger partial charge is 0.483 e. The summed E-state index contributed by atoms with van der Waals surface area (Å²) in [6.45, 7) is 6.12. The van der Waals surface area contributed by atoms with Crippen molar-refractivity contribution in [2.45, 2.75) is 26.7 Å². The van der Waals surface area contributed by atoms with Crippen LogP contribution < -0.4 is 10.2 Å². The van der Waals surface area contributed by atoms with Gasteiger partial charge in [-0.2, -0.15) is 5.10 Å². The Bertz CT molecular complexity index is 646. The van der Waals surface area contributed by atoms with Crippen LogP contribution in [0, 0.1) is 6.92 Å². The van der Waals surface area contributed by atoms with Crippen LogP contribution in [-0.4, -0.2) is 23.7 Å². The fourth-order valence-electron chi connectivity index (χ4n) is 2.02. The van der Waals surface area contributed by atoms with E-state index in [1.807, 2.05) is 37.3 Å². The molecule has 0 saturated carbocycles. The van der Waals surface area contributed by atoms with E-state index in [4.69, 9.17) is 4.74 Å². The van der Waals surface area contributed by atoms with Gasteiger partial charge in [0.2, 0.25) is 0 Å². The van der Waals surface area contributed by atoms with Gasteiger partial charge in [-0.1, -0.05) is 26.0 Å². The first kappa shape index (κ1) is 15.8. The molecule has 1 amide bonds. The Kier molecular flexibility index (Phi) is 5.36. The molecule has 0 aliphatic rings. The van der Waals surface area contributed by atoms with E-state index >= 15 is 0 Å². The zero-order valence-corrected chi connectivity index (χ0v) is 13.1. The summed E-state index contributed by atoms with van der Waals surface area (Å²) in [5, 5.41) is 3.87. The minimum Gasteiger partial charge on any atom is -0.483 e. The first-order valence-electron chi connectivity index (χ1n) is 7.25. The molecule has 0 spiro atoms. The van der Waals surface area contributed by atoms with Crippen molar-refractivity contribution < 1.29 is 9.53 Å². The van der Waals surface area contributed by atoms with Gasteiger partial charge < -0.3 is 9.72 Å². The molecule has 2 rings (SSSR count). The van der Waals surface area contributed by atoms with Gasteiger partial charge in [-0.15, -0.1) is 0 Å². The van der Waals surface area contributed by atoms with Crippen LogP contribution in [-0.2, 0) is 4.79 Å². The maximum atomic E-state index is 11.8. The van der Waals surface area contributed by atoms with Gasteiger partial charge in [-0.3, -0.25) is 4.79 Å². The molecule has 22 heavy (non-hydrogen) atoms. The zero-order chi connectivity index (χ0) is 15.9. The number of carbonyl (C=O) groups is 1. The molecule has 5 heteroatoms. The molecular formula is C17H21N3O2. The fraction of sp³-hybridized carbons (Fsp3) is 0.294. The molecule has 1 heterocycles. The van der Waals surface area contributed by atoms with Gasteiger partial charge in [0.05, 0.1) is 11.9 Å². The number of nitrogens with zero attached hydrogens (tertiary/aromatic N) is 1. The molecule has 0 unspecified atom stereocenters. The van der Waals surface area contributed by atoms with E-state index < -0.39 is 0 Å². The molecule has 2 aromatic rings. The number of hydrogen-bond donors (Lipinski definition) is 2. The van der Waals surface area contributed by atoms with Crippen LogP contribution in [0.1, 0.15) is 36.6 Å². The Labute approximate surface area is 130 Å². The molecular weight excluding hydrogens is 278 g/mol. The number of benzene rings is 1. The summed E-state index contributed by atoms with van der Waals surface area (Å²) in [4.78, 5) is 14.7. The summed E-state index contributed by atoms with van der Waals surface area (Å²) in [6, 6.07) is 9.75. The van der Waals surface area contributed by atoms with E-state index in [0.29, 0.717) is 5.92 Å². The molecule has 2 N–H and O–H groups in total. The SMILES string of the molecule is Cc1ccc(C(C)C)c(OCC(=O)N/N=C\c2ccc[nH]2)c1. The predicted octanol–water partition coefficient (Wildman–Crippen LogP) is 2.98. The van der Waals surface area contributed by atoms with Crippen molar-refractivity contribution >= 4 is 12.1 Å². The monoisotopic (exact) mass is 299 g/mol. The highest BCUT2D eigenvalue weighted by Crippen LogP contribution is 2.27. The molecule has 0 bridgehead atoms. The van der Waals surface area contributed by atoms with E-state index in [1.165, 1.54) is 0 Å². The second-order valence-electron chi connectivity index (χ2n) is 5.40. The number of hydrogen-bond acceptors (Lipinski definition) is 3. The smallest absolute Gasteiger partial charge is 0.277 e. The average molecular weight is 299 g/mol. The number of carbonyl (C=O) groups excluding carboxylic acids is 1. The Morgan fingerprint density at radius 2 is 2.23 bits per heavy atom. The molecule has 0 fully saturated rings. The number of aryl methyl sites for hydroxylation is 1. The van der Waals surface area contributed by atoms with Gasteiger partial charge in [-0.25, -0.2) is 5.43 Å². The molecule has 0 aliphatic carbocycles. The maximum absolute atomic E-state index is 11.8. The van der Waals surface area contributed by atoms with Crippen molar-refractivity contribution in [1.82, 2.24) is 10.4 Å². The molecule has 0 aliphatic heterocycles. The van der Waals surface area contributed by atoms with Gasteiger partial charge in [-0.05, 0) is 42.2 Å².